The summed E-state index contributed by atoms with van der Waals surface area (Å²) in [5.41, 5.74) is 0.918. The molecule has 21 heavy (non-hydrogen) atoms. The standard InChI is InChI=1S/C15H13NO5/c1-2-20-12(18)6-8-3-4-10-9(5-8)14(19)13-11(17)7-21-15(13)16-10/h3-5H,2,6-7H2,1H3,(H,16,19). The number of fused-ring (bicyclic) bond motifs is 2. The van der Waals surface area contributed by atoms with Crippen molar-refractivity contribution in [2.24, 2.45) is 0 Å². The average molecular weight is 287 g/mol. The van der Waals surface area contributed by atoms with Gasteiger partial charge in [0.1, 0.15) is 5.56 Å². The Morgan fingerprint density at radius 1 is 1.38 bits per heavy atom. The highest BCUT2D eigenvalue weighted by molar-refractivity contribution is 6.04. The maximum atomic E-state index is 12.4. The number of carbonyl (C=O) groups excluding carboxylic acids is 2. The van der Waals surface area contributed by atoms with Crippen LogP contribution in [0.1, 0.15) is 22.8 Å². The van der Waals surface area contributed by atoms with E-state index in [4.69, 9.17) is 9.47 Å². The summed E-state index contributed by atoms with van der Waals surface area (Å²) in [6.45, 7) is 1.93. The van der Waals surface area contributed by atoms with E-state index in [2.05, 4.69) is 4.98 Å². The second-order valence-electron chi connectivity index (χ2n) is 4.73. The van der Waals surface area contributed by atoms with Crippen LogP contribution in [0.3, 0.4) is 0 Å². The molecule has 0 saturated carbocycles. The van der Waals surface area contributed by atoms with Gasteiger partial charge in [0, 0.05) is 5.39 Å². The zero-order valence-corrected chi connectivity index (χ0v) is 11.4. The second-order valence-corrected chi connectivity index (χ2v) is 4.73. The molecule has 1 N–H and O–H groups in total. The van der Waals surface area contributed by atoms with Gasteiger partial charge < -0.3 is 14.5 Å². The Morgan fingerprint density at radius 2 is 2.19 bits per heavy atom. The van der Waals surface area contributed by atoms with Gasteiger partial charge in [-0.2, -0.15) is 0 Å². The van der Waals surface area contributed by atoms with Crippen LogP contribution in [0.5, 0.6) is 5.88 Å². The Morgan fingerprint density at radius 3 is 2.95 bits per heavy atom. The minimum Gasteiger partial charge on any atom is -0.470 e. The quantitative estimate of drug-likeness (QED) is 0.858. The van der Waals surface area contributed by atoms with Gasteiger partial charge >= 0.3 is 5.97 Å². The van der Waals surface area contributed by atoms with Gasteiger partial charge in [0.15, 0.2) is 6.61 Å². The van der Waals surface area contributed by atoms with Gasteiger partial charge in [-0.3, -0.25) is 14.4 Å². The Hall–Kier alpha value is -2.63. The monoisotopic (exact) mass is 287 g/mol. The predicted octanol–water partition coefficient (Wildman–Crippen LogP) is 1.21. The number of aromatic nitrogens is 1. The Kier molecular flexibility index (Phi) is 3.21. The molecule has 1 aromatic carbocycles. The molecule has 0 radical (unpaired) electrons. The van der Waals surface area contributed by atoms with Gasteiger partial charge in [0.25, 0.3) is 0 Å². The third kappa shape index (κ3) is 2.29. The highest BCUT2D eigenvalue weighted by atomic mass is 16.5. The molecule has 0 spiro atoms. The van der Waals surface area contributed by atoms with Crippen molar-refractivity contribution >= 4 is 22.7 Å². The summed E-state index contributed by atoms with van der Waals surface area (Å²) in [5, 5.41) is 0.370. The largest absolute Gasteiger partial charge is 0.470 e. The molecule has 0 amide bonds. The van der Waals surface area contributed by atoms with Crippen LogP contribution >= 0.6 is 0 Å². The number of hydrogen-bond acceptors (Lipinski definition) is 5. The number of nitrogens with one attached hydrogen (secondary N) is 1. The van der Waals surface area contributed by atoms with E-state index < -0.39 is 0 Å². The number of carbonyl (C=O) groups is 2. The summed E-state index contributed by atoms with van der Waals surface area (Å²) in [6.07, 6.45) is 0.0880. The van der Waals surface area contributed by atoms with Gasteiger partial charge in [0.05, 0.1) is 18.5 Å². The second kappa shape index (κ2) is 5.05. The molecule has 0 aliphatic carbocycles. The molecule has 1 aromatic heterocycles. The fraction of sp³-hybridized carbons (Fsp3) is 0.267. The number of Topliss-reactive ketones (excluding diaryl/α,β-unsaturated/α-hetero) is 1. The maximum absolute atomic E-state index is 12.4. The SMILES string of the molecule is CCOC(=O)Cc1ccc2[nH]c3c(c(=O)c2c1)C(=O)CO3. The molecule has 0 saturated heterocycles. The van der Waals surface area contributed by atoms with E-state index in [1.165, 1.54) is 0 Å². The van der Waals surface area contributed by atoms with Crippen molar-refractivity contribution in [2.75, 3.05) is 13.2 Å². The van der Waals surface area contributed by atoms with Crippen LogP contribution in [0.4, 0.5) is 0 Å². The number of ketones is 1. The molecule has 6 heteroatoms. The number of esters is 1. The van der Waals surface area contributed by atoms with Gasteiger partial charge in [-0.05, 0) is 24.6 Å². The lowest BCUT2D eigenvalue weighted by atomic mass is 10.1. The molecule has 0 atom stereocenters. The first-order valence-corrected chi connectivity index (χ1v) is 6.60. The first-order chi connectivity index (χ1) is 10.1. The van der Waals surface area contributed by atoms with Crippen LogP contribution in [0.2, 0.25) is 0 Å². The number of aromatic amines is 1. The molecular formula is C15H13NO5. The lowest BCUT2D eigenvalue weighted by Gasteiger charge is -2.05. The normalized spacial score (nSPS) is 13.1. The molecule has 0 bridgehead atoms. The minimum absolute atomic E-state index is 0.0517. The van der Waals surface area contributed by atoms with E-state index in [1.807, 2.05) is 0 Å². The van der Waals surface area contributed by atoms with Crippen LogP contribution in [0.25, 0.3) is 10.9 Å². The number of ether oxygens (including phenoxy) is 2. The summed E-state index contributed by atoms with van der Waals surface area (Å²) >= 11 is 0. The first-order valence-electron chi connectivity index (χ1n) is 6.60. The molecule has 0 unspecified atom stereocenters. The fourth-order valence-electron chi connectivity index (χ4n) is 2.37. The van der Waals surface area contributed by atoms with E-state index in [9.17, 15) is 14.4 Å². The summed E-state index contributed by atoms with van der Waals surface area (Å²) in [5.74, 6) is -0.464. The molecule has 1 aliphatic heterocycles. The first kappa shape index (κ1) is 13.4. The summed E-state index contributed by atoms with van der Waals surface area (Å²) in [7, 11) is 0. The van der Waals surface area contributed by atoms with E-state index >= 15 is 0 Å². The third-order valence-electron chi connectivity index (χ3n) is 3.31. The molecule has 0 fully saturated rings. The Bertz CT molecular complexity index is 806. The van der Waals surface area contributed by atoms with Gasteiger partial charge in [-0.15, -0.1) is 0 Å². The average Bonchev–Trinajstić information content (AvgIpc) is 2.81. The zero-order chi connectivity index (χ0) is 15.0. The van der Waals surface area contributed by atoms with Crippen LogP contribution < -0.4 is 10.2 Å². The van der Waals surface area contributed by atoms with Crippen LogP contribution in [-0.4, -0.2) is 30.0 Å². The van der Waals surface area contributed by atoms with Crippen LogP contribution in [0.15, 0.2) is 23.0 Å². The molecule has 1 aliphatic rings. The third-order valence-corrected chi connectivity index (χ3v) is 3.31. The molecular weight excluding hydrogens is 274 g/mol. The van der Waals surface area contributed by atoms with Crippen LogP contribution in [0, 0.1) is 0 Å². The Labute approximate surface area is 119 Å². The number of pyridine rings is 1. The van der Waals surface area contributed by atoms with Crippen molar-refractivity contribution in [1.82, 2.24) is 4.98 Å². The highest BCUT2D eigenvalue weighted by Gasteiger charge is 2.26. The predicted molar refractivity (Wildman–Crippen MR) is 74.7 cm³/mol. The molecule has 2 heterocycles. The highest BCUT2D eigenvalue weighted by Crippen LogP contribution is 2.23. The lowest BCUT2D eigenvalue weighted by Crippen LogP contribution is -2.14. The van der Waals surface area contributed by atoms with Crippen molar-refractivity contribution in [3.05, 3.63) is 39.5 Å². The van der Waals surface area contributed by atoms with Crippen molar-refractivity contribution in [3.8, 4) is 5.88 Å². The van der Waals surface area contributed by atoms with Crippen molar-refractivity contribution < 1.29 is 19.1 Å². The summed E-state index contributed by atoms with van der Waals surface area (Å²) < 4.78 is 10.0. The number of benzene rings is 1. The molecule has 108 valence electrons. The smallest absolute Gasteiger partial charge is 0.310 e. The van der Waals surface area contributed by atoms with Gasteiger partial charge in [-0.1, -0.05) is 6.07 Å². The van der Waals surface area contributed by atoms with Crippen molar-refractivity contribution in [3.63, 3.8) is 0 Å². The minimum atomic E-state index is -0.369. The fourth-order valence-corrected chi connectivity index (χ4v) is 2.37. The molecule has 2 aromatic rings. The van der Waals surface area contributed by atoms with E-state index in [0.717, 1.165) is 0 Å². The van der Waals surface area contributed by atoms with E-state index in [-0.39, 0.29) is 41.7 Å². The van der Waals surface area contributed by atoms with E-state index in [0.29, 0.717) is 23.1 Å². The van der Waals surface area contributed by atoms with Crippen molar-refractivity contribution in [2.45, 2.75) is 13.3 Å². The van der Waals surface area contributed by atoms with Gasteiger partial charge in [-0.25, -0.2) is 0 Å². The number of H-pyrrole nitrogens is 1. The Balaban J connectivity index is 2.08. The van der Waals surface area contributed by atoms with E-state index in [1.54, 1.807) is 25.1 Å². The number of hydrogen-bond donors (Lipinski definition) is 1. The summed E-state index contributed by atoms with van der Waals surface area (Å²) in [4.78, 5) is 38.4. The number of rotatable bonds is 3. The topological polar surface area (TPSA) is 85.5 Å². The maximum Gasteiger partial charge on any atom is 0.310 e. The molecule has 3 rings (SSSR count). The lowest BCUT2D eigenvalue weighted by molar-refractivity contribution is -0.142. The van der Waals surface area contributed by atoms with Gasteiger partial charge in [0.2, 0.25) is 17.1 Å². The molecule has 6 nitrogen and oxygen atoms in total. The van der Waals surface area contributed by atoms with Crippen molar-refractivity contribution in [1.29, 1.82) is 0 Å². The summed E-state index contributed by atoms with van der Waals surface area (Å²) in [6, 6.07) is 5.03. The van der Waals surface area contributed by atoms with Crippen LogP contribution in [-0.2, 0) is 16.0 Å². The zero-order valence-electron chi connectivity index (χ0n) is 11.4.